The van der Waals surface area contributed by atoms with Crippen molar-refractivity contribution in [3.63, 3.8) is 0 Å². The van der Waals surface area contributed by atoms with Crippen LogP contribution in [-0.4, -0.2) is 40.3 Å². The van der Waals surface area contributed by atoms with Crippen LogP contribution >= 0.6 is 11.6 Å². The monoisotopic (exact) mass is 379 g/mol. The first-order chi connectivity index (χ1) is 12.4. The molecule has 0 radical (unpaired) electrons. The standard InChI is InChI=1S/C18H15ClFNO5/c19-11-1-4-15(26-9-16(22)23)14(8-11)17-13-3-2-12(20)7-10(13)5-6-21(17)18(24)25/h1-4,7-8,17H,5-6,9H2,(H,22,23)(H,24,25)/t17-/m0/s1. The van der Waals surface area contributed by atoms with E-state index in [0.717, 1.165) is 0 Å². The van der Waals surface area contributed by atoms with Crippen LogP contribution < -0.4 is 4.74 Å². The quantitative estimate of drug-likeness (QED) is 0.848. The summed E-state index contributed by atoms with van der Waals surface area (Å²) in [5.41, 5.74) is 1.72. The van der Waals surface area contributed by atoms with E-state index >= 15 is 0 Å². The van der Waals surface area contributed by atoms with Gasteiger partial charge >= 0.3 is 12.1 Å². The fraction of sp³-hybridized carbons (Fsp3) is 0.222. The van der Waals surface area contributed by atoms with E-state index in [1.165, 1.54) is 41.3 Å². The Kier molecular flexibility index (Phi) is 4.99. The van der Waals surface area contributed by atoms with Crippen molar-refractivity contribution < 1.29 is 28.9 Å². The molecule has 1 amide bonds. The molecular formula is C18H15ClFNO5. The van der Waals surface area contributed by atoms with Gasteiger partial charge in [0.15, 0.2) is 6.61 Å². The van der Waals surface area contributed by atoms with Gasteiger partial charge in [-0.3, -0.25) is 4.90 Å². The van der Waals surface area contributed by atoms with Gasteiger partial charge in [-0.2, -0.15) is 0 Å². The highest BCUT2D eigenvalue weighted by molar-refractivity contribution is 6.30. The van der Waals surface area contributed by atoms with Crippen molar-refractivity contribution in [3.8, 4) is 5.75 Å². The molecule has 0 aromatic heterocycles. The third-order valence-corrected chi connectivity index (χ3v) is 4.43. The Morgan fingerprint density at radius 1 is 1.19 bits per heavy atom. The van der Waals surface area contributed by atoms with Crippen LogP contribution in [0.4, 0.5) is 9.18 Å². The maximum atomic E-state index is 13.6. The van der Waals surface area contributed by atoms with Gasteiger partial charge in [0.25, 0.3) is 0 Å². The SMILES string of the molecule is O=C(O)COc1ccc(Cl)cc1[C@@H]1c2ccc(F)cc2CCN1C(=O)O. The zero-order valence-corrected chi connectivity index (χ0v) is 14.2. The van der Waals surface area contributed by atoms with Crippen LogP contribution in [0.15, 0.2) is 36.4 Å². The van der Waals surface area contributed by atoms with E-state index in [1.807, 2.05) is 0 Å². The Labute approximate surface area is 153 Å². The molecular weight excluding hydrogens is 365 g/mol. The highest BCUT2D eigenvalue weighted by atomic mass is 35.5. The minimum Gasteiger partial charge on any atom is -0.482 e. The van der Waals surface area contributed by atoms with Crippen LogP contribution in [0.5, 0.6) is 5.75 Å². The zero-order chi connectivity index (χ0) is 18.8. The lowest BCUT2D eigenvalue weighted by Crippen LogP contribution is -2.40. The van der Waals surface area contributed by atoms with E-state index in [4.69, 9.17) is 21.4 Å². The van der Waals surface area contributed by atoms with Gasteiger partial charge in [-0.05, 0) is 47.9 Å². The van der Waals surface area contributed by atoms with Gasteiger partial charge in [0, 0.05) is 17.1 Å². The average Bonchev–Trinajstić information content (AvgIpc) is 2.59. The van der Waals surface area contributed by atoms with Crippen LogP contribution in [0.25, 0.3) is 0 Å². The van der Waals surface area contributed by atoms with Gasteiger partial charge in [0.1, 0.15) is 11.6 Å². The summed E-state index contributed by atoms with van der Waals surface area (Å²) >= 11 is 6.08. The molecule has 2 N–H and O–H groups in total. The summed E-state index contributed by atoms with van der Waals surface area (Å²) < 4.78 is 18.9. The lowest BCUT2D eigenvalue weighted by Gasteiger charge is -2.36. The smallest absolute Gasteiger partial charge is 0.408 e. The summed E-state index contributed by atoms with van der Waals surface area (Å²) in [5.74, 6) is -1.35. The first kappa shape index (κ1) is 18.0. The number of amides is 1. The van der Waals surface area contributed by atoms with E-state index in [2.05, 4.69) is 0 Å². The van der Waals surface area contributed by atoms with Crippen LogP contribution in [0.3, 0.4) is 0 Å². The average molecular weight is 380 g/mol. The molecule has 1 aliphatic rings. The van der Waals surface area contributed by atoms with E-state index < -0.39 is 30.5 Å². The molecule has 1 aliphatic heterocycles. The van der Waals surface area contributed by atoms with Crippen LogP contribution in [0.1, 0.15) is 22.7 Å². The fourth-order valence-corrected chi connectivity index (χ4v) is 3.32. The Bertz CT molecular complexity index is 873. The molecule has 1 heterocycles. The molecule has 0 unspecified atom stereocenters. The van der Waals surface area contributed by atoms with Crippen molar-refractivity contribution in [1.29, 1.82) is 0 Å². The maximum Gasteiger partial charge on any atom is 0.408 e. The summed E-state index contributed by atoms with van der Waals surface area (Å²) in [5, 5.41) is 18.8. The Balaban J connectivity index is 2.14. The molecule has 8 heteroatoms. The van der Waals surface area contributed by atoms with Crippen molar-refractivity contribution in [3.05, 3.63) is 63.9 Å². The van der Waals surface area contributed by atoms with Crippen molar-refractivity contribution in [2.24, 2.45) is 0 Å². The maximum absolute atomic E-state index is 13.6. The molecule has 0 aliphatic carbocycles. The molecule has 0 saturated heterocycles. The fourth-order valence-electron chi connectivity index (χ4n) is 3.14. The molecule has 3 rings (SSSR count). The van der Waals surface area contributed by atoms with Gasteiger partial charge in [0.05, 0.1) is 6.04 Å². The van der Waals surface area contributed by atoms with Crippen molar-refractivity contribution >= 4 is 23.7 Å². The number of carbonyl (C=O) groups is 2. The Morgan fingerprint density at radius 3 is 2.65 bits per heavy atom. The van der Waals surface area contributed by atoms with Gasteiger partial charge in [-0.15, -0.1) is 0 Å². The number of hydrogen-bond donors (Lipinski definition) is 2. The highest BCUT2D eigenvalue weighted by Crippen LogP contribution is 2.40. The Morgan fingerprint density at radius 2 is 1.96 bits per heavy atom. The van der Waals surface area contributed by atoms with Gasteiger partial charge in [-0.1, -0.05) is 17.7 Å². The second-order valence-corrected chi connectivity index (χ2v) is 6.27. The number of halogens is 2. The molecule has 6 nitrogen and oxygen atoms in total. The van der Waals surface area contributed by atoms with Gasteiger partial charge < -0.3 is 14.9 Å². The van der Waals surface area contributed by atoms with Crippen LogP contribution in [0.2, 0.25) is 5.02 Å². The third kappa shape index (κ3) is 3.57. The van der Waals surface area contributed by atoms with Crippen molar-refractivity contribution in [1.82, 2.24) is 4.90 Å². The van der Waals surface area contributed by atoms with Crippen LogP contribution in [-0.2, 0) is 11.2 Å². The van der Waals surface area contributed by atoms with E-state index in [0.29, 0.717) is 28.1 Å². The molecule has 2 aromatic carbocycles. The van der Waals surface area contributed by atoms with E-state index in [9.17, 15) is 19.1 Å². The van der Waals surface area contributed by atoms with Gasteiger partial charge in [0.2, 0.25) is 0 Å². The number of fused-ring (bicyclic) bond motifs is 1. The van der Waals surface area contributed by atoms with E-state index in [-0.39, 0.29) is 12.3 Å². The Hall–Kier alpha value is -2.80. The number of hydrogen-bond acceptors (Lipinski definition) is 3. The molecule has 26 heavy (non-hydrogen) atoms. The number of carboxylic acids is 1. The number of carboxylic acid groups (broad SMARTS) is 2. The lowest BCUT2D eigenvalue weighted by molar-refractivity contribution is -0.139. The number of rotatable bonds is 4. The predicted octanol–water partition coefficient (Wildman–Crippen LogP) is 3.57. The van der Waals surface area contributed by atoms with Crippen molar-refractivity contribution in [2.45, 2.75) is 12.5 Å². The van der Waals surface area contributed by atoms with E-state index in [1.54, 1.807) is 0 Å². The van der Waals surface area contributed by atoms with Crippen LogP contribution in [0, 0.1) is 5.82 Å². The predicted molar refractivity (Wildman–Crippen MR) is 91.3 cm³/mol. The third-order valence-electron chi connectivity index (χ3n) is 4.20. The summed E-state index contributed by atoms with van der Waals surface area (Å²) in [7, 11) is 0. The molecule has 2 aromatic rings. The van der Waals surface area contributed by atoms with Gasteiger partial charge in [-0.25, -0.2) is 14.0 Å². The molecule has 0 fully saturated rings. The number of aliphatic carboxylic acids is 1. The first-order valence-electron chi connectivity index (χ1n) is 7.78. The first-order valence-corrected chi connectivity index (χ1v) is 8.16. The molecule has 1 atom stereocenters. The minimum absolute atomic E-state index is 0.168. The minimum atomic E-state index is -1.16. The molecule has 0 spiro atoms. The lowest BCUT2D eigenvalue weighted by atomic mass is 9.88. The normalized spacial score (nSPS) is 16.1. The summed E-state index contributed by atoms with van der Waals surface area (Å²) in [6, 6.07) is 7.97. The highest BCUT2D eigenvalue weighted by Gasteiger charge is 2.34. The summed E-state index contributed by atoms with van der Waals surface area (Å²) in [6.07, 6.45) is -0.768. The summed E-state index contributed by atoms with van der Waals surface area (Å²) in [6.45, 7) is -0.411. The largest absolute Gasteiger partial charge is 0.482 e. The molecule has 0 saturated carbocycles. The molecule has 136 valence electrons. The number of nitrogens with zero attached hydrogens (tertiary/aromatic N) is 1. The molecule has 0 bridgehead atoms. The number of benzene rings is 2. The summed E-state index contributed by atoms with van der Waals surface area (Å²) in [4.78, 5) is 23.8. The zero-order valence-electron chi connectivity index (χ0n) is 13.5. The number of ether oxygens (including phenoxy) is 1. The van der Waals surface area contributed by atoms with Crippen molar-refractivity contribution in [2.75, 3.05) is 13.2 Å². The topological polar surface area (TPSA) is 87.1 Å². The second-order valence-electron chi connectivity index (χ2n) is 5.84. The second kappa shape index (κ2) is 7.21.